The molecule has 0 radical (unpaired) electrons. The molecule has 2 rings (SSSR count). The molecule has 2 atom stereocenters. The first-order valence-corrected chi connectivity index (χ1v) is 14.2. The molecule has 0 aromatic heterocycles. The minimum atomic E-state index is 0. The van der Waals surface area contributed by atoms with Gasteiger partial charge in [-0.2, -0.15) is 22.3 Å². The second-order valence-corrected chi connectivity index (χ2v) is 16.0. The van der Waals surface area contributed by atoms with Gasteiger partial charge in [0.05, 0.1) is 0 Å². The molecular formula is C20H32Cl2SiZr-2. The molecule has 0 bridgehead atoms. The van der Waals surface area contributed by atoms with Crippen molar-refractivity contribution in [1.82, 2.24) is 0 Å². The maximum Gasteiger partial charge on any atom is -1.00 e. The van der Waals surface area contributed by atoms with Crippen molar-refractivity contribution < 1.29 is 48.1 Å². The van der Waals surface area contributed by atoms with E-state index in [0.717, 1.165) is 0 Å². The molecule has 0 amide bonds. The third kappa shape index (κ3) is 9.95. The van der Waals surface area contributed by atoms with Crippen LogP contribution in [0.15, 0.2) is 33.4 Å². The molecule has 2 aliphatic rings. The molecule has 0 spiro atoms. The first-order valence-electron chi connectivity index (χ1n) is 8.06. The van der Waals surface area contributed by atoms with Crippen molar-refractivity contribution in [2.45, 2.75) is 68.5 Å². The summed E-state index contributed by atoms with van der Waals surface area (Å²) in [6.45, 7) is 22.0. The Morgan fingerprint density at radius 1 is 0.708 bits per heavy atom. The Hall–Kier alpha value is 0.640. The van der Waals surface area contributed by atoms with Gasteiger partial charge in [0.15, 0.2) is 0 Å². The summed E-state index contributed by atoms with van der Waals surface area (Å²) < 4.78 is 0. The molecule has 0 aromatic carbocycles. The van der Waals surface area contributed by atoms with Gasteiger partial charge in [0.1, 0.15) is 0 Å². The van der Waals surface area contributed by atoms with Crippen LogP contribution in [0.4, 0.5) is 0 Å². The van der Waals surface area contributed by atoms with Crippen molar-refractivity contribution in [3.8, 4) is 0 Å². The summed E-state index contributed by atoms with van der Waals surface area (Å²) in [6.07, 6.45) is 6.72. The second kappa shape index (κ2) is 13.8. The summed E-state index contributed by atoms with van der Waals surface area (Å²) in [4.78, 5) is 0. The monoisotopic (exact) mass is 460 g/mol. The van der Waals surface area contributed by atoms with E-state index in [1.165, 1.54) is 33.4 Å². The van der Waals surface area contributed by atoms with Crippen LogP contribution in [-0.2, 0) is 23.3 Å². The Morgan fingerprint density at radius 3 is 0.958 bits per heavy atom. The second-order valence-electron chi connectivity index (χ2n) is 6.60. The van der Waals surface area contributed by atoms with Gasteiger partial charge in [-0.1, -0.05) is 53.4 Å². The maximum atomic E-state index is 3.36. The van der Waals surface area contributed by atoms with Crippen LogP contribution in [0, 0.1) is 24.0 Å². The van der Waals surface area contributed by atoms with E-state index < -0.39 is 0 Å². The van der Waals surface area contributed by atoms with Crippen LogP contribution in [0.2, 0.25) is 13.1 Å². The number of allylic oxidation sites excluding steroid dienone is 8. The fourth-order valence-corrected chi connectivity index (χ4v) is 2.32. The maximum absolute atomic E-state index is 3.36. The molecule has 0 fully saturated rings. The van der Waals surface area contributed by atoms with Gasteiger partial charge in [-0.15, -0.1) is 13.8 Å². The van der Waals surface area contributed by atoms with E-state index in [-0.39, 0.29) is 30.2 Å². The van der Waals surface area contributed by atoms with Gasteiger partial charge in [-0.05, 0) is 0 Å². The Balaban J connectivity index is -0.000000283. The summed E-state index contributed by atoms with van der Waals surface area (Å²) >= 11 is 1.74. The molecule has 2 unspecified atom stereocenters. The predicted molar refractivity (Wildman–Crippen MR) is 97.4 cm³/mol. The molecule has 0 saturated heterocycles. The van der Waals surface area contributed by atoms with E-state index in [4.69, 9.17) is 0 Å². The van der Waals surface area contributed by atoms with Gasteiger partial charge >= 0.3 is 41.9 Å². The van der Waals surface area contributed by atoms with Crippen LogP contribution >= 0.6 is 0 Å². The van der Waals surface area contributed by atoms with Crippen molar-refractivity contribution in [2.75, 3.05) is 0 Å². The SMILES string of the molecule is CC1=[C-]C(C)C(C)=C1C.CC1=[C-]C(C)C(C)=C1C.C[Si](C)=[Zr+2].[Cl-].[Cl-]. The van der Waals surface area contributed by atoms with Crippen molar-refractivity contribution in [1.29, 1.82) is 0 Å². The molecule has 0 N–H and O–H groups in total. The Labute approximate surface area is 178 Å². The first kappa shape index (κ1) is 29.4. The van der Waals surface area contributed by atoms with Gasteiger partial charge in [0.2, 0.25) is 0 Å². The number of halogens is 2. The Bertz CT molecular complexity index is 506. The number of hydrogen-bond donors (Lipinski definition) is 0. The minimum Gasteiger partial charge on any atom is -1.00 e. The van der Waals surface area contributed by atoms with Gasteiger partial charge in [0.25, 0.3) is 0 Å². The third-order valence-corrected chi connectivity index (χ3v) is 4.47. The van der Waals surface area contributed by atoms with Crippen LogP contribution in [-0.4, -0.2) is 5.43 Å². The van der Waals surface area contributed by atoms with E-state index in [0.29, 0.717) is 11.8 Å². The molecular weight excluding hydrogens is 430 g/mol. The Morgan fingerprint density at radius 2 is 0.917 bits per heavy atom. The molecule has 136 valence electrons. The standard InChI is InChI=1S/2C9H13.C2H6Si.2ClH.Zr/c2*1-6-5-7(2)9(4)8(6)3;1-3-2;;;/h2*6H,1-4H3;1-2H3;2*1H;/q2*-1;;;;+2/p-2. The van der Waals surface area contributed by atoms with Crippen molar-refractivity contribution in [3.63, 3.8) is 0 Å². The zero-order valence-electron chi connectivity index (χ0n) is 16.9. The predicted octanol–water partition coefficient (Wildman–Crippen LogP) is 0.236. The van der Waals surface area contributed by atoms with E-state index >= 15 is 0 Å². The van der Waals surface area contributed by atoms with Gasteiger partial charge in [-0.25, -0.2) is 11.1 Å². The normalized spacial score (nSPS) is 21.5. The molecule has 24 heavy (non-hydrogen) atoms. The van der Waals surface area contributed by atoms with Crippen LogP contribution in [0.25, 0.3) is 0 Å². The average molecular weight is 463 g/mol. The molecule has 4 heteroatoms. The fourth-order valence-electron chi connectivity index (χ4n) is 2.32. The van der Waals surface area contributed by atoms with Crippen LogP contribution < -0.4 is 24.8 Å². The molecule has 0 aliphatic heterocycles. The van der Waals surface area contributed by atoms with Crippen LogP contribution in [0.3, 0.4) is 0 Å². The topological polar surface area (TPSA) is 0 Å². The molecule has 0 nitrogen and oxygen atoms in total. The first-order chi connectivity index (χ1) is 9.98. The van der Waals surface area contributed by atoms with Crippen LogP contribution in [0.1, 0.15) is 55.4 Å². The molecule has 0 aromatic rings. The quantitative estimate of drug-likeness (QED) is 0.357. The van der Waals surface area contributed by atoms with Gasteiger partial charge < -0.3 is 24.8 Å². The van der Waals surface area contributed by atoms with Gasteiger partial charge in [-0.3, -0.25) is 12.2 Å². The average Bonchev–Trinajstić information content (AvgIpc) is 2.75. The zero-order chi connectivity index (χ0) is 17.6. The van der Waals surface area contributed by atoms with Crippen LogP contribution in [0.5, 0.6) is 0 Å². The Kier molecular flexibility index (Phi) is 16.9. The molecule has 0 saturated carbocycles. The summed E-state index contributed by atoms with van der Waals surface area (Å²) in [5.74, 6) is 1.12. The smallest absolute Gasteiger partial charge is 1.00 e. The number of rotatable bonds is 0. The summed E-state index contributed by atoms with van der Waals surface area (Å²) in [6, 6.07) is 0. The van der Waals surface area contributed by atoms with Gasteiger partial charge in [0, 0.05) is 0 Å². The molecule has 2 aliphatic carbocycles. The zero-order valence-corrected chi connectivity index (χ0v) is 21.9. The van der Waals surface area contributed by atoms with Crippen molar-refractivity contribution >= 4 is 5.43 Å². The van der Waals surface area contributed by atoms with Crippen molar-refractivity contribution in [3.05, 3.63) is 45.6 Å². The fraction of sp³-hybridized carbons (Fsp3) is 0.600. The largest absolute Gasteiger partial charge is 1.00 e. The molecule has 0 heterocycles. The van der Waals surface area contributed by atoms with E-state index in [1.807, 2.05) is 0 Å². The third-order valence-electron chi connectivity index (χ3n) is 4.47. The summed E-state index contributed by atoms with van der Waals surface area (Å²) in [7, 11) is 0. The summed E-state index contributed by atoms with van der Waals surface area (Å²) in [5, 5.41) is 0. The van der Waals surface area contributed by atoms with Crippen molar-refractivity contribution in [2.24, 2.45) is 11.8 Å². The minimum absolute atomic E-state index is 0. The summed E-state index contributed by atoms with van der Waals surface area (Å²) in [5.41, 5.74) is 8.70. The number of hydrogen-bond acceptors (Lipinski definition) is 0. The van der Waals surface area contributed by atoms with E-state index in [2.05, 4.69) is 80.6 Å². The van der Waals surface area contributed by atoms with E-state index in [9.17, 15) is 0 Å². The van der Waals surface area contributed by atoms with E-state index in [1.54, 1.807) is 23.3 Å².